The molecule has 2 aromatic heterocycles. The van der Waals surface area contributed by atoms with Gasteiger partial charge in [-0.05, 0) is 45.4 Å². The van der Waals surface area contributed by atoms with Crippen molar-refractivity contribution in [3.8, 4) is 0 Å². The number of amidine groups is 1. The van der Waals surface area contributed by atoms with E-state index in [9.17, 15) is 0 Å². The maximum absolute atomic E-state index is 7.71. The van der Waals surface area contributed by atoms with Gasteiger partial charge in [-0.1, -0.05) is 106 Å². The summed E-state index contributed by atoms with van der Waals surface area (Å²) in [5.74, 6) is -0.806. The Kier molecular flexibility index (Phi) is 7.10. The highest BCUT2D eigenvalue weighted by molar-refractivity contribution is 6.99. The zero-order valence-electron chi connectivity index (χ0n) is 25.9. The number of aliphatic imine (C=N–C) groups is 1. The number of nitrogens with one attached hydrogen (secondary N) is 1. The Balaban J connectivity index is 1.38. The molecule has 0 radical (unpaired) electrons. The Hall–Kier alpha value is -4.73. The number of benzene rings is 3. The van der Waals surface area contributed by atoms with Crippen LogP contribution in [0.1, 0.15) is 56.8 Å². The van der Waals surface area contributed by atoms with E-state index in [4.69, 9.17) is 25.9 Å². The van der Waals surface area contributed by atoms with Gasteiger partial charge in [0.2, 0.25) is 5.79 Å². The molecule has 1 aliphatic carbocycles. The largest absolute Gasteiger partial charge is 0.400 e. The summed E-state index contributed by atoms with van der Waals surface area (Å²) >= 11 is 0. The number of pyridine rings is 1. The Bertz CT molecular complexity index is 1860. The van der Waals surface area contributed by atoms with Crippen LogP contribution in [0.15, 0.2) is 127 Å². The van der Waals surface area contributed by atoms with Gasteiger partial charge in [0.15, 0.2) is 0 Å². The third-order valence-corrected chi connectivity index (χ3v) is 14.4. The molecular weight excluding hydrogens is 575 g/mol. The molecule has 2 aliphatic rings. The number of fused-ring (bicyclic) bond motifs is 2. The minimum atomic E-state index is -2.81. The van der Waals surface area contributed by atoms with E-state index >= 15 is 0 Å². The lowest BCUT2D eigenvalue weighted by Gasteiger charge is -2.48. The topological polar surface area (TPSA) is 116 Å². The van der Waals surface area contributed by atoms with Gasteiger partial charge < -0.3 is 21.2 Å². The van der Waals surface area contributed by atoms with Crippen molar-refractivity contribution >= 4 is 35.6 Å². The molecule has 0 bridgehead atoms. The quantitative estimate of drug-likeness (QED) is 0.232. The summed E-state index contributed by atoms with van der Waals surface area (Å²) in [6.45, 7) is 6.97. The first kappa shape index (κ1) is 29.0. The van der Waals surface area contributed by atoms with Crippen LogP contribution in [0.3, 0.4) is 0 Å². The minimum Gasteiger partial charge on any atom is -0.400 e. The highest BCUT2D eigenvalue weighted by Crippen LogP contribution is 2.50. The van der Waals surface area contributed by atoms with Gasteiger partial charge in [-0.25, -0.2) is 9.98 Å². The average molecular weight is 614 g/mol. The molecule has 0 spiro atoms. The SMILES string of the molecule is CC(C)(C)[Si](O[C@@H]1CC[C@@H](C2(n3cnc4ccncc43)N=C(N)C(N)=CN2)c2ccccc21)(c1ccccc1)c1ccccc1. The molecule has 1 aliphatic heterocycles. The number of nitrogens with zero attached hydrogens (tertiary/aromatic N) is 4. The van der Waals surface area contributed by atoms with Crippen LogP contribution >= 0.6 is 0 Å². The molecule has 9 heteroatoms. The van der Waals surface area contributed by atoms with Crippen molar-refractivity contribution in [2.75, 3.05) is 0 Å². The van der Waals surface area contributed by atoms with Crippen molar-refractivity contribution in [3.05, 3.63) is 133 Å². The molecule has 0 amide bonds. The average Bonchev–Trinajstić information content (AvgIpc) is 3.50. The van der Waals surface area contributed by atoms with E-state index in [0.29, 0.717) is 11.5 Å². The first-order chi connectivity index (χ1) is 21.7. The highest BCUT2D eigenvalue weighted by atomic mass is 28.4. The van der Waals surface area contributed by atoms with E-state index in [1.165, 1.54) is 15.9 Å². The second-order valence-corrected chi connectivity index (χ2v) is 17.2. The number of imidazole rings is 1. The maximum atomic E-state index is 7.71. The first-order valence-electron chi connectivity index (χ1n) is 15.5. The number of aromatic nitrogens is 3. The highest BCUT2D eigenvalue weighted by Gasteiger charge is 2.53. The van der Waals surface area contributed by atoms with E-state index in [-0.39, 0.29) is 17.1 Å². The lowest BCUT2D eigenvalue weighted by Crippen LogP contribution is -2.67. The molecule has 228 valence electrons. The van der Waals surface area contributed by atoms with Gasteiger partial charge in [-0.2, -0.15) is 0 Å². The van der Waals surface area contributed by atoms with Gasteiger partial charge in [0.25, 0.3) is 8.32 Å². The standard InChI is InChI=1S/C36H39N7OSi/c1-35(2,3)45(25-12-6-4-7-13-25,26-14-8-5-9-15-26)44-33-19-18-29(27-16-10-11-17-28(27)33)36(41-22-30(37)34(38)42-36)43-24-40-31-20-21-39-23-32(31)43/h4-17,20-24,29,33,41H,18-19,37H2,1-3H3,(H2,38,42)/t29-,33-,36?/m1/s1. The predicted molar refractivity (Wildman–Crippen MR) is 182 cm³/mol. The summed E-state index contributed by atoms with van der Waals surface area (Å²) in [7, 11) is -2.81. The first-order valence-corrected chi connectivity index (χ1v) is 17.4. The smallest absolute Gasteiger partial charge is 0.261 e. The van der Waals surface area contributed by atoms with Gasteiger partial charge in [-0.15, -0.1) is 0 Å². The predicted octanol–water partition coefficient (Wildman–Crippen LogP) is 5.00. The molecule has 0 saturated carbocycles. The fourth-order valence-corrected chi connectivity index (χ4v) is 12.0. The number of hydrogen-bond acceptors (Lipinski definition) is 7. The second-order valence-electron chi connectivity index (χ2n) is 13.0. The summed E-state index contributed by atoms with van der Waals surface area (Å²) in [5.41, 5.74) is 17.1. The van der Waals surface area contributed by atoms with Crippen molar-refractivity contribution in [1.82, 2.24) is 19.9 Å². The van der Waals surface area contributed by atoms with Crippen molar-refractivity contribution in [2.45, 2.75) is 56.5 Å². The van der Waals surface area contributed by atoms with Crippen LogP contribution < -0.4 is 27.2 Å². The van der Waals surface area contributed by atoms with Crippen LogP contribution in [0.5, 0.6) is 0 Å². The van der Waals surface area contributed by atoms with Gasteiger partial charge in [0.05, 0.1) is 35.4 Å². The van der Waals surface area contributed by atoms with Crippen molar-refractivity contribution in [1.29, 1.82) is 0 Å². The molecule has 5 N–H and O–H groups in total. The lowest BCUT2D eigenvalue weighted by molar-refractivity contribution is 0.125. The molecule has 3 atom stereocenters. The van der Waals surface area contributed by atoms with Crippen LogP contribution in [0.2, 0.25) is 5.04 Å². The molecule has 3 heterocycles. The van der Waals surface area contributed by atoms with Crippen molar-refractivity contribution in [2.24, 2.45) is 16.5 Å². The van der Waals surface area contributed by atoms with Crippen LogP contribution in [-0.2, 0) is 10.2 Å². The van der Waals surface area contributed by atoms with Crippen LogP contribution in [0.4, 0.5) is 0 Å². The normalized spacial score (nSPS) is 21.8. The summed E-state index contributed by atoms with van der Waals surface area (Å²) in [6.07, 6.45) is 8.62. The third-order valence-electron chi connectivity index (χ3n) is 9.40. The van der Waals surface area contributed by atoms with E-state index < -0.39 is 14.1 Å². The van der Waals surface area contributed by atoms with Crippen molar-refractivity contribution < 1.29 is 4.43 Å². The molecule has 0 saturated heterocycles. The van der Waals surface area contributed by atoms with Gasteiger partial charge in [-0.3, -0.25) is 9.55 Å². The Morgan fingerprint density at radius 2 is 1.51 bits per heavy atom. The molecule has 45 heavy (non-hydrogen) atoms. The van der Waals surface area contributed by atoms with Crippen LogP contribution in [0, 0.1) is 0 Å². The Labute approximate surface area is 265 Å². The van der Waals surface area contributed by atoms with Gasteiger partial charge in [0, 0.05) is 18.3 Å². The van der Waals surface area contributed by atoms with E-state index in [1.807, 2.05) is 18.6 Å². The van der Waals surface area contributed by atoms with E-state index in [2.05, 4.69) is 121 Å². The van der Waals surface area contributed by atoms with Gasteiger partial charge >= 0.3 is 0 Å². The molecule has 5 aromatic rings. The number of nitrogens with two attached hydrogens (primary N) is 2. The molecule has 8 nitrogen and oxygen atoms in total. The minimum absolute atomic E-state index is 0.104. The molecule has 7 rings (SSSR count). The third kappa shape index (κ3) is 4.65. The summed E-state index contributed by atoms with van der Waals surface area (Å²) in [5, 5.41) is 5.96. The Morgan fingerprint density at radius 1 is 0.867 bits per heavy atom. The van der Waals surface area contributed by atoms with Crippen LogP contribution in [0.25, 0.3) is 11.0 Å². The fraction of sp³-hybridized carbons (Fsp3) is 0.250. The summed E-state index contributed by atoms with van der Waals surface area (Å²) in [4.78, 5) is 14.2. The fourth-order valence-electron chi connectivity index (χ4n) is 7.33. The van der Waals surface area contributed by atoms with Crippen LogP contribution in [-0.4, -0.2) is 28.7 Å². The van der Waals surface area contributed by atoms with Crippen molar-refractivity contribution in [3.63, 3.8) is 0 Å². The summed E-state index contributed by atoms with van der Waals surface area (Å²) in [6, 6.07) is 32.2. The Morgan fingerprint density at radius 3 is 2.16 bits per heavy atom. The molecule has 3 aromatic carbocycles. The van der Waals surface area contributed by atoms with E-state index in [1.54, 1.807) is 12.4 Å². The van der Waals surface area contributed by atoms with Gasteiger partial charge in [0.1, 0.15) is 5.84 Å². The molecule has 0 fully saturated rings. The number of rotatable bonds is 6. The summed E-state index contributed by atoms with van der Waals surface area (Å²) < 4.78 is 9.76. The molecule has 1 unspecified atom stereocenters. The molecular formula is C36H39N7OSi. The second kappa shape index (κ2) is 11.0. The zero-order chi connectivity index (χ0) is 31.2. The van der Waals surface area contributed by atoms with E-state index in [0.717, 1.165) is 29.4 Å². The maximum Gasteiger partial charge on any atom is 0.261 e. The zero-order valence-corrected chi connectivity index (χ0v) is 26.9. The monoisotopic (exact) mass is 613 g/mol. The lowest BCUT2D eigenvalue weighted by atomic mass is 9.77. The number of hydrogen-bond donors (Lipinski definition) is 3.